The molecule has 17 heavy (non-hydrogen) atoms. The summed E-state index contributed by atoms with van der Waals surface area (Å²) in [6, 6.07) is 3.23. The van der Waals surface area contributed by atoms with Crippen LogP contribution in [0.25, 0.3) is 0 Å². The quantitative estimate of drug-likeness (QED) is 0.625. The van der Waals surface area contributed by atoms with Crippen LogP contribution in [0.3, 0.4) is 0 Å². The van der Waals surface area contributed by atoms with Gasteiger partial charge in [-0.15, -0.1) is 0 Å². The molecule has 0 aromatic carbocycles. The van der Waals surface area contributed by atoms with Gasteiger partial charge >= 0.3 is 0 Å². The Morgan fingerprint density at radius 2 is 2.29 bits per heavy atom. The summed E-state index contributed by atoms with van der Waals surface area (Å²) in [5.74, 6) is -0.164. The predicted octanol–water partition coefficient (Wildman–Crippen LogP) is 1.93. The summed E-state index contributed by atoms with van der Waals surface area (Å²) in [5.41, 5.74) is 1.23. The van der Waals surface area contributed by atoms with Crippen LogP contribution in [0, 0.1) is 6.92 Å². The maximum absolute atomic E-state index is 11.7. The molecule has 0 fully saturated rings. The lowest BCUT2D eigenvalue weighted by atomic mass is 10.2. The molecule has 2 N–H and O–H groups in total. The van der Waals surface area contributed by atoms with Gasteiger partial charge in [-0.25, -0.2) is 4.98 Å². The first-order valence-corrected chi connectivity index (χ1v) is 5.97. The molecule has 0 aliphatic heterocycles. The molecular formula is C12H17ClN2O2. The van der Waals surface area contributed by atoms with Gasteiger partial charge in [-0.1, -0.05) is 11.6 Å². The second-order valence-corrected chi connectivity index (χ2v) is 4.45. The van der Waals surface area contributed by atoms with Crippen molar-refractivity contribution in [3.63, 3.8) is 0 Å². The van der Waals surface area contributed by atoms with Crippen molar-refractivity contribution in [2.45, 2.75) is 32.8 Å². The minimum atomic E-state index is -0.329. The zero-order valence-electron chi connectivity index (χ0n) is 10.0. The maximum atomic E-state index is 11.7. The van der Waals surface area contributed by atoms with Gasteiger partial charge in [0.1, 0.15) is 5.15 Å². The van der Waals surface area contributed by atoms with E-state index >= 15 is 0 Å². The molecule has 1 aromatic heterocycles. The molecule has 1 unspecified atom stereocenters. The molecule has 1 heterocycles. The Morgan fingerprint density at radius 3 is 2.88 bits per heavy atom. The molecule has 1 aromatic rings. The maximum Gasteiger partial charge on any atom is 0.251 e. The van der Waals surface area contributed by atoms with Crippen LogP contribution < -0.4 is 5.32 Å². The molecule has 1 rings (SSSR count). The van der Waals surface area contributed by atoms with Crippen molar-refractivity contribution in [3.05, 3.63) is 28.5 Å². The number of nitrogens with one attached hydrogen (secondary N) is 1. The fourth-order valence-electron chi connectivity index (χ4n) is 1.46. The van der Waals surface area contributed by atoms with Crippen LogP contribution in [0.1, 0.15) is 35.8 Å². The van der Waals surface area contributed by atoms with E-state index in [9.17, 15) is 4.79 Å². The molecule has 0 bridgehead atoms. The Labute approximate surface area is 106 Å². The van der Waals surface area contributed by atoms with Crippen LogP contribution >= 0.6 is 11.6 Å². The summed E-state index contributed by atoms with van der Waals surface area (Å²) in [5, 5.41) is 12.2. The lowest BCUT2D eigenvalue weighted by molar-refractivity contribution is 0.0949. The average Bonchev–Trinajstić information content (AvgIpc) is 2.22. The number of nitrogens with zero attached hydrogens (tertiary/aromatic N) is 1. The number of rotatable bonds is 5. The standard InChI is InChI=1S/C12H17ClN2O2/c1-8-6-10(7-11(13)15-8)12(17)14-5-3-4-9(2)16/h6-7,9,16H,3-5H2,1-2H3,(H,14,17). The third-order valence-corrected chi connectivity index (χ3v) is 2.46. The van der Waals surface area contributed by atoms with Crippen LogP contribution in [-0.4, -0.2) is 28.6 Å². The van der Waals surface area contributed by atoms with Gasteiger partial charge in [0.2, 0.25) is 0 Å². The van der Waals surface area contributed by atoms with Crippen molar-refractivity contribution in [1.82, 2.24) is 10.3 Å². The number of aryl methyl sites for hydroxylation is 1. The summed E-state index contributed by atoms with van der Waals surface area (Å²) < 4.78 is 0. The van der Waals surface area contributed by atoms with Gasteiger partial charge < -0.3 is 10.4 Å². The Balaban J connectivity index is 2.47. The van der Waals surface area contributed by atoms with E-state index in [0.29, 0.717) is 29.4 Å². The normalized spacial score (nSPS) is 12.2. The lowest BCUT2D eigenvalue weighted by Gasteiger charge is -2.07. The Kier molecular flexibility index (Phi) is 5.38. The van der Waals surface area contributed by atoms with E-state index in [0.717, 1.165) is 6.42 Å². The number of pyridine rings is 1. The van der Waals surface area contributed by atoms with Crippen molar-refractivity contribution < 1.29 is 9.90 Å². The summed E-state index contributed by atoms with van der Waals surface area (Å²) >= 11 is 5.77. The Hall–Kier alpha value is -1.13. The first-order chi connectivity index (χ1) is 7.99. The van der Waals surface area contributed by atoms with Crippen molar-refractivity contribution in [2.75, 3.05) is 6.54 Å². The largest absolute Gasteiger partial charge is 0.393 e. The second kappa shape index (κ2) is 6.57. The number of carbonyl (C=O) groups is 1. The molecule has 0 aliphatic rings. The molecule has 4 nitrogen and oxygen atoms in total. The molecule has 5 heteroatoms. The zero-order valence-corrected chi connectivity index (χ0v) is 10.8. The van der Waals surface area contributed by atoms with Gasteiger partial charge in [0, 0.05) is 17.8 Å². The highest BCUT2D eigenvalue weighted by Gasteiger charge is 2.07. The number of carbonyl (C=O) groups excluding carboxylic acids is 1. The molecule has 0 radical (unpaired) electrons. The van der Waals surface area contributed by atoms with Crippen LogP contribution in [-0.2, 0) is 0 Å². The van der Waals surface area contributed by atoms with Crippen molar-refractivity contribution in [1.29, 1.82) is 0 Å². The van der Waals surface area contributed by atoms with Gasteiger partial charge in [-0.2, -0.15) is 0 Å². The highest BCUT2D eigenvalue weighted by molar-refractivity contribution is 6.29. The van der Waals surface area contributed by atoms with E-state index in [1.165, 1.54) is 0 Å². The van der Waals surface area contributed by atoms with E-state index in [1.54, 1.807) is 26.0 Å². The number of aliphatic hydroxyl groups excluding tert-OH is 1. The number of hydrogen-bond acceptors (Lipinski definition) is 3. The molecule has 0 saturated carbocycles. The topological polar surface area (TPSA) is 62.2 Å². The molecule has 0 aliphatic carbocycles. The molecule has 1 atom stereocenters. The first kappa shape index (κ1) is 13.9. The molecular weight excluding hydrogens is 240 g/mol. The summed E-state index contributed by atoms with van der Waals surface area (Å²) in [6.45, 7) is 4.06. The average molecular weight is 257 g/mol. The minimum Gasteiger partial charge on any atom is -0.393 e. The number of aliphatic hydroxyl groups is 1. The molecule has 0 spiro atoms. The first-order valence-electron chi connectivity index (χ1n) is 5.59. The molecule has 0 saturated heterocycles. The highest BCUT2D eigenvalue weighted by atomic mass is 35.5. The fraction of sp³-hybridized carbons (Fsp3) is 0.500. The summed E-state index contributed by atoms with van der Waals surface area (Å²) in [4.78, 5) is 15.7. The SMILES string of the molecule is Cc1cc(C(=O)NCCCC(C)O)cc(Cl)n1. The van der Waals surface area contributed by atoms with E-state index in [-0.39, 0.29) is 12.0 Å². The van der Waals surface area contributed by atoms with Crippen molar-refractivity contribution in [3.8, 4) is 0 Å². The fourth-order valence-corrected chi connectivity index (χ4v) is 1.71. The van der Waals surface area contributed by atoms with Gasteiger partial charge in [0.25, 0.3) is 5.91 Å². The molecule has 94 valence electrons. The van der Waals surface area contributed by atoms with E-state index < -0.39 is 0 Å². The van der Waals surface area contributed by atoms with Gasteiger partial charge in [0.05, 0.1) is 6.10 Å². The molecule has 1 amide bonds. The number of halogens is 1. The monoisotopic (exact) mass is 256 g/mol. The highest BCUT2D eigenvalue weighted by Crippen LogP contribution is 2.10. The second-order valence-electron chi connectivity index (χ2n) is 4.07. The third-order valence-electron chi connectivity index (χ3n) is 2.27. The van der Waals surface area contributed by atoms with Crippen molar-refractivity contribution in [2.24, 2.45) is 0 Å². The number of amides is 1. The van der Waals surface area contributed by atoms with Gasteiger partial charge in [-0.3, -0.25) is 4.79 Å². The van der Waals surface area contributed by atoms with Crippen molar-refractivity contribution >= 4 is 17.5 Å². The zero-order chi connectivity index (χ0) is 12.8. The lowest BCUT2D eigenvalue weighted by Crippen LogP contribution is -2.25. The van der Waals surface area contributed by atoms with Crippen LogP contribution in [0.5, 0.6) is 0 Å². The predicted molar refractivity (Wildman–Crippen MR) is 67.2 cm³/mol. The Morgan fingerprint density at radius 1 is 1.59 bits per heavy atom. The van der Waals surface area contributed by atoms with E-state index in [1.807, 2.05) is 0 Å². The smallest absolute Gasteiger partial charge is 0.251 e. The summed E-state index contributed by atoms with van der Waals surface area (Å²) in [7, 11) is 0. The van der Waals surface area contributed by atoms with E-state index in [4.69, 9.17) is 16.7 Å². The van der Waals surface area contributed by atoms with Crippen LogP contribution in [0.15, 0.2) is 12.1 Å². The van der Waals surface area contributed by atoms with E-state index in [2.05, 4.69) is 10.3 Å². The van der Waals surface area contributed by atoms with Crippen LogP contribution in [0.2, 0.25) is 5.15 Å². The van der Waals surface area contributed by atoms with Gasteiger partial charge in [-0.05, 0) is 38.8 Å². The number of hydrogen-bond donors (Lipinski definition) is 2. The Bertz CT molecular complexity index is 374. The van der Waals surface area contributed by atoms with Crippen LogP contribution in [0.4, 0.5) is 0 Å². The minimum absolute atomic E-state index is 0.164. The number of aromatic nitrogens is 1. The van der Waals surface area contributed by atoms with Gasteiger partial charge in [0.15, 0.2) is 0 Å². The third kappa shape index (κ3) is 5.15. The summed E-state index contributed by atoms with van der Waals surface area (Å²) in [6.07, 6.45) is 1.10.